The molecule has 33 heavy (non-hydrogen) atoms. The number of nitrogens with one attached hydrogen (secondary N) is 2. The number of amides is 2. The molecule has 1 aliphatic carbocycles. The number of rotatable bonds is 6. The second-order valence-electron chi connectivity index (χ2n) is 9.17. The summed E-state index contributed by atoms with van der Waals surface area (Å²) in [6.45, 7) is 0.640. The lowest BCUT2D eigenvalue weighted by Gasteiger charge is -2.37. The fraction of sp³-hybridized carbons (Fsp3) is 0.478. The summed E-state index contributed by atoms with van der Waals surface area (Å²) in [5.74, 6) is -1.47. The van der Waals surface area contributed by atoms with Crippen LogP contribution in [0.5, 0.6) is 5.75 Å². The zero-order chi connectivity index (χ0) is 23.8. The molecule has 3 N–H and O–H groups in total. The van der Waals surface area contributed by atoms with Crippen LogP contribution in [0, 0.1) is 11.7 Å². The Morgan fingerprint density at radius 1 is 1.24 bits per heavy atom. The van der Waals surface area contributed by atoms with Gasteiger partial charge in [-0.15, -0.1) is 0 Å². The van der Waals surface area contributed by atoms with E-state index in [1.54, 1.807) is 19.0 Å². The molecule has 2 bridgehead atoms. The summed E-state index contributed by atoms with van der Waals surface area (Å²) in [4.78, 5) is 44.8. The lowest BCUT2D eigenvalue weighted by molar-refractivity contribution is -0.124. The molecular formula is C23H28FN5O4. The number of nitrogens with zero attached hydrogens (tertiary/aromatic N) is 3. The fourth-order valence-electron chi connectivity index (χ4n) is 4.72. The van der Waals surface area contributed by atoms with E-state index >= 15 is 0 Å². The van der Waals surface area contributed by atoms with Crippen LogP contribution < -0.4 is 16.2 Å². The maximum atomic E-state index is 13.1. The van der Waals surface area contributed by atoms with E-state index < -0.39 is 22.8 Å². The number of halogens is 1. The average molecular weight is 458 g/mol. The van der Waals surface area contributed by atoms with Crippen molar-refractivity contribution in [3.63, 3.8) is 0 Å². The molecule has 2 aromatic rings. The molecule has 176 valence electrons. The maximum absolute atomic E-state index is 13.1. The first-order chi connectivity index (χ1) is 15.7. The van der Waals surface area contributed by atoms with Crippen molar-refractivity contribution >= 4 is 11.8 Å². The second kappa shape index (κ2) is 8.93. The summed E-state index contributed by atoms with van der Waals surface area (Å²) in [5, 5.41) is 16.2. The predicted molar refractivity (Wildman–Crippen MR) is 118 cm³/mol. The summed E-state index contributed by atoms with van der Waals surface area (Å²) < 4.78 is 14.5. The Morgan fingerprint density at radius 2 is 1.91 bits per heavy atom. The fourth-order valence-corrected chi connectivity index (χ4v) is 4.72. The molecular weight excluding hydrogens is 429 g/mol. The normalized spacial score (nSPS) is 21.4. The smallest absolute Gasteiger partial charge is 0.296 e. The molecule has 1 fully saturated rings. The predicted octanol–water partition coefficient (Wildman–Crippen LogP) is 1.09. The average Bonchev–Trinajstić information content (AvgIpc) is 3.01. The van der Waals surface area contributed by atoms with Gasteiger partial charge in [-0.2, -0.15) is 0 Å². The van der Waals surface area contributed by atoms with Gasteiger partial charge in [0.15, 0.2) is 5.69 Å². The third-order valence-corrected chi connectivity index (χ3v) is 6.39. The lowest BCUT2D eigenvalue weighted by Crippen LogP contribution is -2.51. The first-order valence-corrected chi connectivity index (χ1v) is 11.0. The van der Waals surface area contributed by atoms with Crippen molar-refractivity contribution in [1.29, 1.82) is 0 Å². The molecule has 3 heterocycles. The van der Waals surface area contributed by atoms with Gasteiger partial charge in [0.2, 0.25) is 11.7 Å². The number of fused-ring (bicyclic) bond motifs is 2. The van der Waals surface area contributed by atoms with Crippen molar-refractivity contribution in [2.24, 2.45) is 5.92 Å². The topological polar surface area (TPSA) is 117 Å². The minimum Gasteiger partial charge on any atom is -0.501 e. The summed E-state index contributed by atoms with van der Waals surface area (Å²) in [5.41, 5.74) is -1.28. The van der Waals surface area contributed by atoms with Gasteiger partial charge in [0.05, 0.1) is 12.1 Å². The molecule has 0 spiro atoms. The van der Waals surface area contributed by atoms with Crippen LogP contribution in [0.2, 0.25) is 0 Å². The maximum Gasteiger partial charge on any atom is 0.296 e. The lowest BCUT2D eigenvalue weighted by atomic mass is 9.77. The standard InChI is InChI=1S/C23H28FN5O4/c1-28(2)13-17(30)27-23-9-7-15(8-10-23)12-29-21(33)19(31)18(26-22(23)29)20(32)25-11-14-3-5-16(24)6-4-14/h3-6,15,31H,7-13H2,1-2H3,(H,25,32)(H,27,30). The van der Waals surface area contributed by atoms with Gasteiger partial charge in [-0.3, -0.25) is 19.0 Å². The Balaban J connectivity index is 1.68. The van der Waals surface area contributed by atoms with Crippen molar-refractivity contribution in [3.05, 3.63) is 57.5 Å². The highest BCUT2D eigenvalue weighted by atomic mass is 19.1. The van der Waals surface area contributed by atoms with Gasteiger partial charge < -0.3 is 20.6 Å². The highest BCUT2D eigenvalue weighted by Crippen LogP contribution is 2.42. The molecule has 1 saturated carbocycles. The number of carbonyl (C=O) groups excluding carboxylic acids is 2. The van der Waals surface area contributed by atoms with E-state index in [2.05, 4.69) is 15.6 Å². The van der Waals surface area contributed by atoms with Crippen LogP contribution in [-0.2, 0) is 23.4 Å². The molecule has 1 aromatic heterocycles. The third-order valence-electron chi connectivity index (χ3n) is 6.39. The SMILES string of the molecule is CN(C)CC(=O)NC12CCC(CC1)Cn1c2nc(C(=O)NCc2ccc(F)cc2)c(O)c1=O. The van der Waals surface area contributed by atoms with E-state index in [4.69, 9.17) is 0 Å². The molecule has 0 unspecified atom stereocenters. The number of aromatic nitrogens is 2. The molecule has 9 nitrogen and oxygen atoms in total. The molecule has 0 atom stereocenters. The highest BCUT2D eigenvalue weighted by Gasteiger charge is 2.45. The molecule has 2 amide bonds. The van der Waals surface area contributed by atoms with Gasteiger partial charge in [0.25, 0.3) is 11.5 Å². The van der Waals surface area contributed by atoms with Gasteiger partial charge in [0.1, 0.15) is 11.6 Å². The van der Waals surface area contributed by atoms with Gasteiger partial charge in [0, 0.05) is 13.1 Å². The van der Waals surface area contributed by atoms with E-state index in [0.29, 0.717) is 30.8 Å². The quantitative estimate of drug-likeness (QED) is 0.598. The third kappa shape index (κ3) is 4.61. The van der Waals surface area contributed by atoms with Crippen LogP contribution in [-0.4, -0.2) is 52.0 Å². The molecule has 2 aliphatic heterocycles. The monoisotopic (exact) mass is 457 g/mol. The molecule has 3 aliphatic rings. The Kier molecular flexibility index (Phi) is 6.20. The van der Waals surface area contributed by atoms with Crippen LogP contribution in [0.4, 0.5) is 4.39 Å². The number of hydrogen-bond acceptors (Lipinski definition) is 6. The van der Waals surface area contributed by atoms with Gasteiger partial charge >= 0.3 is 0 Å². The first-order valence-electron chi connectivity index (χ1n) is 11.0. The zero-order valence-electron chi connectivity index (χ0n) is 18.7. The van der Waals surface area contributed by atoms with E-state index in [1.165, 1.54) is 28.8 Å². The van der Waals surface area contributed by atoms with Crippen LogP contribution in [0.25, 0.3) is 0 Å². The van der Waals surface area contributed by atoms with Gasteiger partial charge in [-0.25, -0.2) is 9.37 Å². The van der Waals surface area contributed by atoms with Crippen molar-refractivity contribution in [2.45, 2.75) is 44.3 Å². The van der Waals surface area contributed by atoms with Crippen LogP contribution in [0.3, 0.4) is 0 Å². The molecule has 0 radical (unpaired) electrons. The van der Waals surface area contributed by atoms with E-state index in [0.717, 1.165) is 12.8 Å². The molecule has 10 heteroatoms. The Hall–Kier alpha value is -3.27. The van der Waals surface area contributed by atoms with Crippen LogP contribution in [0.1, 0.15) is 47.6 Å². The van der Waals surface area contributed by atoms with Gasteiger partial charge in [-0.1, -0.05) is 12.1 Å². The van der Waals surface area contributed by atoms with Crippen molar-refractivity contribution in [1.82, 2.24) is 25.1 Å². The summed E-state index contributed by atoms with van der Waals surface area (Å²) in [6, 6.07) is 5.62. The Bertz CT molecular complexity index is 1120. The van der Waals surface area contributed by atoms with Crippen molar-refractivity contribution in [2.75, 3.05) is 20.6 Å². The number of hydrogen-bond donors (Lipinski definition) is 3. The van der Waals surface area contributed by atoms with E-state index in [1.807, 2.05) is 0 Å². The number of likely N-dealkylation sites (N-methyl/N-ethyl adjacent to an activating group) is 1. The summed E-state index contributed by atoms with van der Waals surface area (Å²) >= 11 is 0. The van der Waals surface area contributed by atoms with Crippen LogP contribution >= 0.6 is 0 Å². The van der Waals surface area contributed by atoms with Crippen LogP contribution in [0.15, 0.2) is 29.1 Å². The summed E-state index contributed by atoms with van der Waals surface area (Å²) in [7, 11) is 3.58. The Labute approximate surface area is 190 Å². The summed E-state index contributed by atoms with van der Waals surface area (Å²) in [6.07, 6.45) is 2.81. The van der Waals surface area contributed by atoms with Crippen molar-refractivity contribution in [3.8, 4) is 5.75 Å². The molecule has 0 saturated heterocycles. The Morgan fingerprint density at radius 3 is 2.55 bits per heavy atom. The second-order valence-corrected chi connectivity index (χ2v) is 9.17. The molecule has 1 aromatic carbocycles. The number of carbonyl (C=O) groups is 2. The van der Waals surface area contributed by atoms with E-state index in [9.17, 15) is 23.9 Å². The highest BCUT2D eigenvalue weighted by molar-refractivity contribution is 5.94. The van der Waals surface area contributed by atoms with E-state index in [-0.39, 0.29) is 36.4 Å². The number of aromatic hydroxyl groups is 1. The minimum atomic E-state index is -0.876. The first kappa shape index (κ1) is 22.9. The zero-order valence-corrected chi connectivity index (χ0v) is 18.7. The van der Waals surface area contributed by atoms with Crippen molar-refractivity contribution < 1.29 is 19.1 Å². The minimum absolute atomic E-state index is 0.0748. The molecule has 5 rings (SSSR count). The number of benzene rings is 1. The largest absolute Gasteiger partial charge is 0.501 e. The van der Waals surface area contributed by atoms with Gasteiger partial charge in [-0.05, 0) is 63.4 Å².